The normalized spacial score (nSPS) is 16.5. The average Bonchev–Trinajstić information content (AvgIpc) is 3.53. The molecule has 1 atom stereocenters. The molecule has 2 fully saturated rings. The molecule has 0 bridgehead atoms. The lowest BCUT2D eigenvalue weighted by Crippen LogP contribution is -2.34. The number of carbonyl (C=O) groups excluding carboxylic acids is 1. The number of hydrogen-bond acceptors (Lipinski definition) is 6. The van der Waals surface area contributed by atoms with Crippen LogP contribution in [0.5, 0.6) is 0 Å². The molecule has 1 unspecified atom stereocenters. The molecule has 0 saturated carbocycles. The van der Waals surface area contributed by atoms with Crippen LogP contribution < -0.4 is 4.90 Å². The van der Waals surface area contributed by atoms with Crippen LogP contribution >= 0.6 is 0 Å². The molecule has 46 heavy (non-hydrogen) atoms. The van der Waals surface area contributed by atoms with Crippen LogP contribution in [-0.4, -0.2) is 78.7 Å². The molecule has 7 nitrogen and oxygen atoms in total. The smallest absolute Gasteiger partial charge is 0.227 e. The van der Waals surface area contributed by atoms with E-state index >= 15 is 0 Å². The number of rotatable bonds is 9. The Morgan fingerprint density at radius 2 is 1.70 bits per heavy atom. The van der Waals surface area contributed by atoms with Crippen molar-refractivity contribution in [3.63, 3.8) is 0 Å². The number of pyridine rings is 1. The monoisotopic (exact) mass is 623 g/mol. The highest BCUT2D eigenvalue weighted by atomic mass is 16.2. The molecule has 0 spiro atoms. The van der Waals surface area contributed by atoms with Gasteiger partial charge in [0.05, 0.1) is 30.2 Å². The van der Waals surface area contributed by atoms with Crippen molar-refractivity contribution in [1.29, 1.82) is 5.26 Å². The van der Waals surface area contributed by atoms with Crippen LogP contribution in [0.25, 0.3) is 22.0 Å². The fourth-order valence-electron chi connectivity index (χ4n) is 5.86. The van der Waals surface area contributed by atoms with E-state index in [1.165, 1.54) is 32.4 Å². The van der Waals surface area contributed by atoms with Crippen molar-refractivity contribution in [2.75, 3.05) is 51.8 Å². The van der Waals surface area contributed by atoms with Crippen LogP contribution in [0.1, 0.15) is 70.4 Å². The number of amides is 1. The van der Waals surface area contributed by atoms with Crippen molar-refractivity contribution in [2.45, 2.75) is 71.8 Å². The summed E-state index contributed by atoms with van der Waals surface area (Å²) in [5.41, 5.74) is 4.52. The minimum atomic E-state index is 0.0375. The summed E-state index contributed by atoms with van der Waals surface area (Å²) in [7, 11) is 4.21. The first-order valence-electron chi connectivity index (χ1n) is 17.0. The van der Waals surface area contributed by atoms with Gasteiger partial charge in [-0.2, -0.15) is 5.26 Å². The zero-order chi connectivity index (χ0) is 33.3. The number of nitriles is 1. The Labute approximate surface area is 276 Å². The van der Waals surface area contributed by atoms with Crippen molar-refractivity contribution in [2.24, 2.45) is 0 Å². The summed E-state index contributed by atoms with van der Waals surface area (Å²) < 4.78 is 0. The number of hydrogen-bond donors (Lipinski definition) is 1. The van der Waals surface area contributed by atoms with E-state index < -0.39 is 0 Å². The topological polar surface area (TPSA) is 83.7 Å². The molecular formula is C39H53N5O2. The van der Waals surface area contributed by atoms with Crippen LogP contribution in [0.2, 0.25) is 0 Å². The van der Waals surface area contributed by atoms with Crippen molar-refractivity contribution in [1.82, 2.24) is 14.8 Å². The first-order chi connectivity index (χ1) is 22.4. The van der Waals surface area contributed by atoms with Gasteiger partial charge in [0.25, 0.3) is 0 Å². The minimum absolute atomic E-state index is 0.0375. The van der Waals surface area contributed by atoms with Gasteiger partial charge in [-0.3, -0.25) is 4.79 Å². The number of piperidine rings is 1. The number of fused-ring (bicyclic) bond motifs is 1. The Bertz CT molecular complexity index is 1470. The Morgan fingerprint density at radius 1 is 1.00 bits per heavy atom. The Morgan fingerprint density at radius 3 is 2.30 bits per heavy atom. The van der Waals surface area contributed by atoms with E-state index in [0.29, 0.717) is 12.0 Å². The van der Waals surface area contributed by atoms with Crippen molar-refractivity contribution in [3.05, 3.63) is 84.0 Å². The first kappa shape index (κ1) is 36.5. The number of anilines is 1. The highest BCUT2D eigenvalue weighted by Gasteiger charge is 2.26. The second-order valence-corrected chi connectivity index (χ2v) is 11.9. The zero-order valence-electron chi connectivity index (χ0n) is 28.6. The molecule has 3 aromatic rings. The van der Waals surface area contributed by atoms with Crippen LogP contribution in [0.4, 0.5) is 5.82 Å². The van der Waals surface area contributed by atoms with E-state index in [2.05, 4.69) is 48.0 Å². The number of carbonyl (C=O) groups is 1. The number of likely N-dealkylation sites (tertiary alicyclic amines) is 2. The van der Waals surface area contributed by atoms with Crippen molar-refractivity contribution >= 4 is 22.6 Å². The maximum atomic E-state index is 13.3. The lowest BCUT2D eigenvalue weighted by Gasteiger charge is -2.23. The molecule has 0 aliphatic carbocycles. The molecule has 2 saturated heterocycles. The van der Waals surface area contributed by atoms with E-state index in [0.717, 1.165) is 65.8 Å². The predicted octanol–water partition coefficient (Wildman–Crippen LogP) is 7.39. The van der Waals surface area contributed by atoms with Gasteiger partial charge in [0.1, 0.15) is 5.82 Å². The Balaban J connectivity index is 0.000000558. The van der Waals surface area contributed by atoms with Gasteiger partial charge < -0.3 is 19.8 Å². The maximum absolute atomic E-state index is 13.3. The standard InChI is InChI=1S/C31H34N4O2.C6H13N.C2H6/c1-23-9-8-17-35(23)31(37)21-27-20-30(34(2)16-6-4-3-5-7-18-36)33-29-15-14-26(19-28(27)29)25-12-10-24(22-32)11-13-25;1-7-5-3-2-4-6-7;1-2/h3-5,7,10-15,19-20,23,36H,6,8-9,16-18,21H2,1-2H3;2-6H2,1H3;1-2H3/b4-3-,7-5-;;. The van der Waals surface area contributed by atoms with E-state index in [9.17, 15) is 4.79 Å². The molecule has 3 heterocycles. The average molecular weight is 624 g/mol. The summed E-state index contributed by atoms with van der Waals surface area (Å²) in [5.74, 6) is 1.00. The quantitative estimate of drug-likeness (QED) is 0.250. The molecule has 2 aliphatic heterocycles. The molecule has 7 heteroatoms. The molecule has 0 radical (unpaired) electrons. The molecule has 2 aliphatic rings. The SMILES string of the molecule is CC.CC1CCCN1C(=O)Cc1cc(N(C)CC/C=C\C=C/CO)nc2ccc(-c3ccc(C#N)cc3)cc12.CN1CCCCC1. The number of benzene rings is 2. The van der Waals surface area contributed by atoms with Crippen LogP contribution in [0.15, 0.2) is 72.8 Å². The summed E-state index contributed by atoms with van der Waals surface area (Å²) in [6, 6.07) is 18.2. The van der Waals surface area contributed by atoms with E-state index in [1.807, 2.05) is 74.3 Å². The Kier molecular flexibility index (Phi) is 15.5. The third-order valence-electron chi connectivity index (χ3n) is 8.53. The van der Waals surface area contributed by atoms with Gasteiger partial charge >= 0.3 is 0 Å². The van der Waals surface area contributed by atoms with Crippen molar-refractivity contribution in [3.8, 4) is 17.2 Å². The number of aliphatic hydroxyl groups excluding tert-OH is 1. The maximum Gasteiger partial charge on any atom is 0.227 e. The van der Waals surface area contributed by atoms with Crippen LogP contribution in [0.3, 0.4) is 0 Å². The summed E-state index contributed by atoms with van der Waals surface area (Å²) in [6.45, 7) is 10.4. The van der Waals surface area contributed by atoms with Gasteiger partial charge in [-0.25, -0.2) is 4.98 Å². The van der Waals surface area contributed by atoms with Crippen LogP contribution in [-0.2, 0) is 11.2 Å². The van der Waals surface area contributed by atoms with Crippen LogP contribution in [0, 0.1) is 11.3 Å². The second-order valence-electron chi connectivity index (χ2n) is 11.9. The first-order valence-corrected chi connectivity index (χ1v) is 17.0. The number of aliphatic hydroxyl groups is 1. The highest BCUT2D eigenvalue weighted by Crippen LogP contribution is 2.30. The van der Waals surface area contributed by atoms with Gasteiger partial charge in [-0.05, 0) is 106 Å². The molecule has 1 aromatic heterocycles. The van der Waals surface area contributed by atoms with Gasteiger partial charge in [0.2, 0.25) is 5.91 Å². The predicted molar refractivity (Wildman–Crippen MR) is 192 cm³/mol. The fraction of sp³-hybridized carbons (Fsp3) is 0.462. The van der Waals surface area contributed by atoms with Gasteiger partial charge in [-0.1, -0.05) is 62.8 Å². The van der Waals surface area contributed by atoms with E-state index in [1.54, 1.807) is 6.08 Å². The van der Waals surface area contributed by atoms with E-state index in [-0.39, 0.29) is 18.6 Å². The largest absolute Gasteiger partial charge is 0.392 e. The minimum Gasteiger partial charge on any atom is -0.392 e. The molecule has 1 N–H and O–H groups in total. The zero-order valence-corrected chi connectivity index (χ0v) is 28.6. The lowest BCUT2D eigenvalue weighted by molar-refractivity contribution is -0.130. The molecule has 5 rings (SSSR count). The fourth-order valence-corrected chi connectivity index (χ4v) is 5.86. The number of aromatic nitrogens is 1. The van der Waals surface area contributed by atoms with Gasteiger partial charge in [-0.15, -0.1) is 0 Å². The summed E-state index contributed by atoms with van der Waals surface area (Å²) in [6.07, 6.45) is 15.1. The summed E-state index contributed by atoms with van der Waals surface area (Å²) >= 11 is 0. The second kappa shape index (κ2) is 19.5. The number of nitrogens with zero attached hydrogens (tertiary/aromatic N) is 5. The molecule has 1 amide bonds. The van der Waals surface area contributed by atoms with Crippen molar-refractivity contribution < 1.29 is 9.90 Å². The van der Waals surface area contributed by atoms with Gasteiger partial charge in [0.15, 0.2) is 0 Å². The molecule has 246 valence electrons. The highest BCUT2D eigenvalue weighted by molar-refractivity contribution is 5.92. The Hall–Kier alpha value is -3.99. The summed E-state index contributed by atoms with van der Waals surface area (Å²) in [4.78, 5) is 24.7. The van der Waals surface area contributed by atoms with Gasteiger partial charge in [0, 0.05) is 31.6 Å². The number of allylic oxidation sites excluding steroid dienone is 2. The van der Waals surface area contributed by atoms with E-state index in [4.69, 9.17) is 15.4 Å². The molecular weight excluding hydrogens is 570 g/mol. The third-order valence-corrected chi connectivity index (χ3v) is 8.53. The lowest BCUT2D eigenvalue weighted by atomic mass is 9.98. The summed E-state index contributed by atoms with van der Waals surface area (Å²) in [5, 5.41) is 19.0. The third kappa shape index (κ3) is 10.8. The molecule has 2 aromatic carbocycles.